The Hall–Kier alpha value is -2.13. The van der Waals surface area contributed by atoms with Crippen molar-refractivity contribution in [3.63, 3.8) is 0 Å². The van der Waals surface area contributed by atoms with Gasteiger partial charge in [-0.15, -0.1) is 0 Å². The molecule has 0 radical (unpaired) electrons. The van der Waals surface area contributed by atoms with Crippen LogP contribution in [-0.2, 0) is 4.74 Å². The molecule has 1 heterocycles. The number of benzene rings is 2. The third-order valence-corrected chi connectivity index (χ3v) is 3.79. The Morgan fingerprint density at radius 3 is 2.14 bits per heavy atom. The molecule has 0 saturated heterocycles. The number of nitrogens with one attached hydrogen (secondary N) is 1. The van der Waals surface area contributed by atoms with Crippen LogP contribution in [0.2, 0.25) is 0 Å². The van der Waals surface area contributed by atoms with E-state index in [1.54, 1.807) is 0 Å². The number of amidine groups is 1. The van der Waals surface area contributed by atoms with Crippen LogP contribution in [-0.4, -0.2) is 18.5 Å². The van der Waals surface area contributed by atoms with Crippen LogP contribution in [0.4, 0.5) is 0 Å². The Labute approximate surface area is 132 Å². The SMILES string of the molecule is CC(C)OCC1=NC(c2ccccc2)C(c2ccccc2)N1. The maximum Gasteiger partial charge on any atom is 0.124 e. The summed E-state index contributed by atoms with van der Waals surface area (Å²) in [5.74, 6) is 0.927. The zero-order chi connectivity index (χ0) is 15.4. The van der Waals surface area contributed by atoms with Gasteiger partial charge in [-0.2, -0.15) is 0 Å². The normalized spacial score (nSPS) is 20.8. The van der Waals surface area contributed by atoms with Crippen molar-refractivity contribution in [3.05, 3.63) is 71.8 Å². The van der Waals surface area contributed by atoms with Crippen molar-refractivity contribution in [3.8, 4) is 0 Å². The van der Waals surface area contributed by atoms with Gasteiger partial charge in [-0.1, -0.05) is 60.7 Å². The molecule has 0 aliphatic carbocycles. The minimum absolute atomic E-state index is 0.0920. The van der Waals surface area contributed by atoms with E-state index >= 15 is 0 Å². The highest BCUT2D eigenvalue weighted by Gasteiger charge is 2.30. The number of hydrogen-bond acceptors (Lipinski definition) is 3. The summed E-state index contributed by atoms with van der Waals surface area (Å²) >= 11 is 0. The fourth-order valence-electron chi connectivity index (χ4n) is 2.71. The van der Waals surface area contributed by atoms with Gasteiger partial charge in [0.05, 0.1) is 12.1 Å². The van der Waals surface area contributed by atoms with E-state index in [-0.39, 0.29) is 18.2 Å². The lowest BCUT2D eigenvalue weighted by molar-refractivity contribution is 0.109. The average molecular weight is 294 g/mol. The van der Waals surface area contributed by atoms with Gasteiger partial charge in [-0.3, -0.25) is 4.99 Å². The maximum atomic E-state index is 5.70. The monoisotopic (exact) mass is 294 g/mol. The molecule has 1 aliphatic heterocycles. The summed E-state index contributed by atoms with van der Waals surface area (Å²) < 4.78 is 5.70. The zero-order valence-electron chi connectivity index (χ0n) is 13.1. The van der Waals surface area contributed by atoms with E-state index in [1.807, 2.05) is 26.0 Å². The van der Waals surface area contributed by atoms with Crippen LogP contribution >= 0.6 is 0 Å². The highest BCUT2D eigenvalue weighted by molar-refractivity contribution is 5.86. The maximum absolute atomic E-state index is 5.70. The summed E-state index contributed by atoms with van der Waals surface area (Å²) in [6.07, 6.45) is 0.204. The lowest BCUT2D eigenvalue weighted by Crippen LogP contribution is -2.28. The number of aliphatic imine (C=N–C) groups is 1. The summed E-state index contributed by atoms with van der Waals surface area (Å²) in [4.78, 5) is 4.87. The van der Waals surface area contributed by atoms with Crippen LogP contribution < -0.4 is 5.32 Å². The summed E-state index contributed by atoms with van der Waals surface area (Å²) in [6, 6.07) is 21.2. The van der Waals surface area contributed by atoms with Gasteiger partial charge in [0, 0.05) is 0 Å². The largest absolute Gasteiger partial charge is 0.371 e. The standard InChI is InChI=1S/C19H22N2O/c1-14(2)22-13-17-20-18(15-9-5-3-6-10-15)19(21-17)16-11-7-4-8-12-16/h3-12,14,18-19H,13H2,1-2H3,(H,20,21). The molecule has 1 N–H and O–H groups in total. The van der Waals surface area contributed by atoms with Gasteiger partial charge in [0.2, 0.25) is 0 Å². The molecule has 2 unspecified atom stereocenters. The smallest absolute Gasteiger partial charge is 0.124 e. The van der Waals surface area contributed by atoms with Gasteiger partial charge < -0.3 is 10.1 Å². The van der Waals surface area contributed by atoms with Gasteiger partial charge in [0.1, 0.15) is 18.5 Å². The molecule has 0 bridgehead atoms. The van der Waals surface area contributed by atoms with Crippen molar-refractivity contribution in [1.82, 2.24) is 5.32 Å². The molecule has 0 amide bonds. The highest BCUT2D eigenvalue weighted by atomic mass is 16.5. The van der Waals surface area contributed by atoms with Crippen molar-refractivity contribution < 1.29 is 4.74 Å². The molecule has 22 heavy (non-hydrogen) atoms. The fourth-order valence-corrected chi connectivity index (χ4v) is 2.71. The van der Waals surface area contributed by atoms with E-state index < -0.39 is 0 Å². The van der Waals surface area contributed by atoms with E-state index in [9.17, 15) is 0 Å². The predicted octanol–water partition coefficient (Wildman–Crippen LogP) is 3.90. The Morgan fingerprint density at radius 2 is 1.55 bits per heavy atom. The first-order valence-electron chi connectivity index (χ1n) is 7.79. The lowest BCUT2D eigenvalue weighted by Gasteiger charge is -2.19. The summed E-state index contributed by atoms with van der Waals surface area (Å²) in [6.45, 7) is 4.61. The topological polar surface area (TPSA) is 33.6 Å². The van der Waals surface area contributed by atoms with Crippen LogP contribution in [0.1, 0.15) is 37.1 Å². The van der Waals surface area contributed by atoms with Gasteiger partial charge in [0.15, 0.2) is 0 Å². The molecule has 0 spiro atoms. The molecular weight excluding hydrogens is 272 g/mol. The molecule has 0 saturated carbocycles. The van der Waals surface area contributed by atoms with Crippen molar-refractivity contribution in [2.45, 2.75) is 32.0 Å². The molecule has 3 rings (SSSR count). The second-order valence-corrected chi connectivity index (χ2v) is 5.82. The lowest BCUT2D eigenvalue weighted by atomic mass is 9.95. The molecule has 2 atom stereocenters. The van der Waals surface area contributed by atoms with E-state index in [4.69, 9.17) is 9.73 Å². The molecular formula is C19H22N2O. The molecule has 3 nitrogen and oxygen atoms in total. The average Bonchev–Trinajstić information content (AvgIpc) is 2.99. The Balaban J connectivity index is 1.86. The van der Waals surface area contributed by atoms with Crippen LogP contribution in [0.25, 0.3) is 0 Å². The first-order valence-corrected chi connectivity index (χ1v) is 7.79. The Kier molecular flexibility index (Phi) is 4.54. The summed E-state index contributed by atoms with van der Waals surface area (Å²) in [5, 5.41) is 3.54. The molecule has 0 fully saturated rings. The summed E-state index contributed by atoms with van der Waals surface area (Å²) in [7, 11) is 0. The zero-order valence-corrected chi connectivity index (χ0v) is 13.1. The summed E-state index contributed by atoms with van der Waals surface area (Å²) in [5.41, 5.74) is 2.48. The number of nitrogens with zero attached hydrogens (tertiary/aromatic N) is 1. The van der Waals surface area contributed by atoms with E-state index in [0.717, 1.165) is 5.84 Å². The fraction of sp³-hybridized carbons (Fsp3) is 0.316. The number of hydrogen-bond donors (Lipinski definition) is 1. The first-order chi connectivity index (χ1) is 10.7. The minimum atomic E-state index is 0.0920. The predicted molar refractivity (Wildman–Crippen MR) is 90.0 cm³/mol. The van der Waals surface area contributed by atoms with Crippen LogP contribution in [0.3, 0.4) is 0 Å². The Bertz CT molecular complexity index is 622. The third-order valence-electron chi connectivity index (χ3n) is 3.79. The molecule has 0 aromatic heterocycles. The Morgan fingerprint density at radius 1 is 0.955 bits per heavy atom. The molecule has 114 valence electrons. The highest BCUT2D eigenvalue weighted by Crippen LogP contribution is 2.35. The third kappa shape index (κ3) is 3.37. The van der Waals surface area contributed by atoms with Crippen molar-refractivity contribution >= 4 is 5.84 Å². The number of ether oxygens (including phenoxy) is 1. The van der Waals surface area contributed by atoms with Crippen molar-refractivity contribution in [2.24, 2.45) is 4.99 Å². The number of rotatable bonds is 5. The van der Waals surface area contributed by atoms with Crippen molar-refractivity contribution in [2.75, 3.05) is 6.61 Å². The second kappa shape index (κ2) is 6.75. The van der Waals surface area contributed by atoms with E-state index in [1.165, 1.54) is 11.1 Å². The van der Waals surface area contributed by atoms with Gasteiger partial charge in [-0.05, 0) is 25.0 Å². The molecule has 3 heteroatoms. The van der Waals surface area contributed by atoms with E-state index in [2.05, 4.69) is 53.8 Å². The van der Waals surface area contributed by atoms with Gasteiger partial charge in [0.25, 0.3) is 0 Å². The minimum Gasteiger partial charge on any atom is -0.371 e. The first kappa shape index (κ1) is 14.8. The second-order valence-electron chi connectivity index (χ2n) is 5.82. The van der Waals surface area contributed by atoms with Gasteiger partial charge >= 0.3 is 0 Å². The van der Waals surface area contributed by atoms with Gasteiger partial charge in [-0.25, -0.2) is 0 Å². The van der Waals surface area contributed by atoms with Crippen LogP contribution in [0.5, 0.6) is 0 Å². The van der Waals surface area contributed by atoms with Crippen LogP contribution in [0.15, 0.2) is 65.7 Å². The molecule has 2 aromatic carbocycles. The molecule has 2 aromatic rings. The molecule has 1 aliphatic rings. The van der Waals surface area contributed by atoms with Crippen LogP contribution in [0, 0.1) is 0 Å². The van der Waals surface area contributed by atoms with E-state index in [0.29, 0.717) is 6.61 Å². The van der Waals surface area contributed by atoms with Crippen molar-refractivity contribution in [1.29, 1.82) is 0 Å². The quantitative estimate of drug-likeness (QED) is 0.907.